The number of halogens is 4. The van der Waals surface area contributed by atoms with E-state index in [-0.39, 0.29) is 0 Å². The van der Waals surface area contributed by atoms with Crippen LogP contribution in [0.2, 0.25) is 0 Å². The van der Waals surface area contributed by atoms with Gasteiger partial charge >= 0.3 is 6.18 Å². The third kappa shape index (κ3) is 3.87. The molecule has 27 heavy (non-hydrogen) atoms. The molecule has 0 saturated carbocycles. The van der Waals surface area contributed by atoms with Gasteiger partial charge in [0.1, 0.15) is 0 Å². The zero-order valence-electron chi connectivity index (χ0n) is 13.8. The molecule has 0 atom stereocenters. The second-order valence-corrected chi connectivity index (χ2v) is 8.34. The second-order valence-electron chi connectivity index (χ2n) is 6.01. The van der Waals surface area contributed by atoms with Crippen molar-refractivity contribution < 1.29 is 13.2 Å². The molecule has 0 spiro atoms. The maximum Gasteiger partial charge on any atom is 0.416 e. The molecule has 4 aromatic rings. The van der Waals surface area contributed by atoms with Crippen LogP contribution in [0.5, 0.6) is 0 Å². The van der Waals surface area contributed by atoms with E-state index < -0.39 is 11.7 Å². The van der Waals surface area contributed by atoms with Crippen LogP contribution >= 0.6 is 34.4 Å². The van der Waals surface area contributed by atoms with E-state index in [4.69, 9.17) is 0 Å². The summed E-state index contributed by atoms with van der Waals surface area (Å²) in [6.07, 6.45) is -4.37. The number of hydrogen-bond donors (Lipinski definition) is 1. The van der Waals surface area contributed by atoms with Crippen molar-refractivity contribution in [3.8, 4) is 11.3 Å². The molecule has 0 unspecified atom stereocenters. The lowest BCUT2D eigenvalue weighted by Gasteiger charge is -2.08. The Balaban J connectivity index is 1.94. The van der Waals surface area contributed by atoms with Gasteiger partial charge in [0.05, 0.1) is 11.3 Å². The predicted molar refractivity (Wildman–Crippen MR) is 112 cm³/mol. The summed E-state index contributed by atoms with van der Waals surface area (Å²) >= 11 is 3.70. The number of nitrogens with one attached hydrogen (secondary N) is 1. The molecule has 136 valence electrons. The van der Waals surface area contributed by atoms with E-state index in [1.54, 1.807) is 0 Å². The number of aromatic nitrogens is 1. The number of alkyl halides is 3. The van der Waals surface area contributed by atoms with Gasteiger partial charge in [-0.1, -0.05) is 42.1 Å². The van der Waals surface area contributed by atoms with Gasteiger partial charge in [-0.15, -0.1) is 0 Å². The number of benzene rings is 3. The summed E-state index contributed by atoms with van der Waals surface area (Å²) in [5.41, 5.74) is 1.83. The average molecular weight is 495 g/mol. The van der Waals surface area contributed by atoms with Crippen molar-refractivity contribution >= 4 is 45.3 Å². The Morgan fingerprint density at radius 1 is 0.852 bits per heavy atom. The molecule has 3 aromatic carbocycles. The van der Waals surface area contributed by atoms with E-state index in [2.05, 4.69) is 27.6 Å². The SMILES string of the molecule is FC(F)(F)c1ccc2[nH]c(-c3cccc(I)c3)c(Sc3ccccc3)c2c1. The van der Waals surface area contributed by atoms with E-state index in [9.17, 15) is 13.2 Å². The van der Waals surface area contributed by atoms with E-state index in [0.29, 0.717) is 10.9 Å². The summed E-state index contributed by atoms with van der Waals surface area (Å²) in [6.45, 7) is 0. The molecule has 1 aromatic heterocycles. The zero-order valence-corrected chi connectivity index (χ0v) is 16.8. The lowest BCUT2D eigenvalue weighted by atomic mass is 10.1. The van der Waals surface area contributed by atoms with E-state index in [1.807, 2.05) is 54.6 Å². The molecular formula is C21H13F3INS. The third-order valence-corrected chi connectivity index (χ3v) is 5.96. The highest BCUT2D eigenvalue weighted by atomic mass is 127. The second kappa shape index (κ2) is 7.24. The molecule has 4 rings (SSSR count). The first kappa shape index (κ1) is 18.4. The van der Waals surface area contributed by atoms with Gasteiger partial charge in [-0.3, -0.25) is 0 Å². The van der Waals surface area contributed by atoms with Crippen LogP contribution in [0.4, 0.5) is 13.2 Å². The number of fused-ring (bicyclic) bond motifs is 1. The normalized spacial score (nSPS) is 11.9. The minimum Gasteiger partial charge on any atom is -0.354 e. The topological polar surface area (TPSA) is 15.8 Å². The van der Waals surface area contributed by atoms with Gasteiger partial charge in [-0.2, -0.15) is 13.2 Å². The van der Waals surface area contributed by atoms with Crippen molar-refractivity contribution in [1.29, 1.82) is 0 Å². The Morgan fingerprint density at radius 3 is 2.33 bits per heavy atom. The fraction of sp³-hybridized carbons (Fsp3) is 0.0476. The van der Waals surface area contributed by atoms with Crippen LogP contribution in [0.15, 0.2) is 82.6 Å². The highest BCUT2D eigenvalue weighted by molar-refractivity contribution is 14.1. The Kier molecular flexibility index (Phi) is 4.94. The molecule has 1 heterocycles. The van der Waals surface area contributed by atoms with Crippen molar-refractivity contribution in [1.82, 2.24) is 4.98 Å². The van der Waals surface area contributed by atoms with E-state index in [0.717, 1.165) is 30.7 Å². The summed E-state index contributed by atoms with van der Waals surface area (Å²) < 4.78 is 40.8. The quantitative estimate of drug-likeness (QED) is 0.289. The molecule has 1 nitrogen and oxygen atoms in total. The molecule has 0 fully saturated rings. The Labute approximate surface area is 172 Å². The highest BCUT2D eigenvalue weighted by Crippen LogP contribution is 2.43. The lowest BCUT2D eigenvalue weighted by Crippen LogP contribution is -2.04. The number of aromatic amines is 1. The van der Waals surface area contributed by atoms with Crippen LogP contribution in [-0.2, 0) is 6.18 Å². The molecule has 0 aliphatic carbocycles. The van der Waals surface area contributed by atoms with Crippen LogP contribution in [-0.4, -0.2) is 4.98 Å². The van der Waals surface area contributed by atoms with Crippen molar-refractivity contribution in [3.05, 3.63) is 81.9 Å². The minimum absolute atomic E-state index is 0.576. The third-order valence-electron chi connectivity index (χ3n) is 4.15. The van der Waals surface area contributed by atoms with Gasteiger partial charge in [0.15, 0.2) is 0 Å². The molecular weight excluding hydrogens is 482 g/mol. The van der Waals surface area contributed by atoms with Gasteiger partial charge in [0.25, 0.3) is 0 Å². The Bertz CT molecular complexity index is 1100. The molecule has 0 aliphatic rings. The first-order chi connectivity index (χ1) is 12.9. The summed E-state index contributed by atoms with van der Waals surface area (Å²) in [5, 5.41) is 0.576. The highest BCUT2D eigenvalue weighted by Gasteiger charge is 2.31. The maximum absolute atomic E-state index is 13.2. The van der Waals surface area contributed by atoms with Crippen molar-refractivity contribution in [2.45, 2.75) is 16.0 Å². The van der Waals surface area contributed by atoms with Gasteiger partial charge in [0, 0.05) is 29.8 Å². The monoisotopic (exact) mass is 495 g/mol. The fourth-order valence-electron chi connectivity index (χ4n) is 2.90. The van der Waals surface area contributed by atoms with Crippen molar-refractivity contribution in [3.63, 3.8) is 0 Å². The van der Waals surface area contributed by atoms with Crippen molar-refractivity contribution in [2.24, 2.45) is 0 Å². The number of rotatable bonds is 3. The number of hydrogen-bond acceptors (Lipinski definition) is 1. The molecule has 6 heteroatoms. The van der Waals surface area contributed by atoms with Crippen LogP contribution in [0.1, 0.15) is 5.56 Å². The van der Waals surface area contributed by atoms with Gasteiger partial charge in [-0.05, 0) is 65.1 Å². The zero-order chi connectivity index (χ0) is 19.0. The van der Waals surface area contributed by atoms with Crippen molar-refractivity contribution in [2.75, 3.05) is 0 Å². The van der Waals surface area contributed by atoms with Crippen LogP contribution in [0, 0.1) is 3.57 Å². The number of H-pyrrole nitrogens is 1. The van der Waals surface area contributed by atoms with Crippen LogP contribution in [0.3, 0.4) is 0 Å². The Hall–Kier alpha value is -1.93. The standard InChI is InChI=1S/C21H13F3INS/c22-21(23,24)14-9-10-18-17(12-14)20(27-16-7-2-1-3-8-16)19(26-18)13-5-4-6-15(25)11-13/h1-12,26H. The Morgan fingerprint density at radius 2 is 1.63 bits per heavy atom. The van der Waals surface area contributed by atoms with Gasteiger partial charge in [0.2, 0.25) is 0 Å². The summed E-state index contributed by atoms with van der Waals surface area (Å²) in [4.78, 5) is 5.09. The smallest absolute Gasteiger partial charge is 0.354 e. The summed E-state index contributed by atoms with van der Waals surface area (Å²) in [7, 11) is 0. The fourth-order valence-corrected chi connectivity index (χ4v) is 4.52. The van der Waals surface area contributed by atoms with Gasteiger partial charge in [-0.25, -0.2) is 0 Å². The van der Waals surface area contributed by atoms with E-state index in [1.165, 1.54) is 23.9 Å². The maximum atomic E-state index is 13.2. The molecule has 0 aliphatic heterocycles. The first-order valence-corrected chi connectivity index (χ1v) is 10.0. The molecule has 0 radical (unpaired) electrons. The predicted octanol–water partition coefficient (Wildman–Crippen LogP) is 7.61. The summed E-state index contributed by atoms with van der Waals surface area (Å²) in [5.74, 6) is 0. The largest absolute Gasteiger partial charge is 0.416 e. The minimum atomic E-state index is -4.37. The van der Waals surface area contributed by atoms with Gasteiger partial charge < -0.3 is 4.98 Å². The average Bonchev–Trinajstić information content (AvgIpc) is 3.00. The summed E-state index contributed by atoms with van der Waals surface area (Å²) in [6, 6.07) is 21.4. The molecule has 0 bridgehead atoms. The van der Waals surface area contributed by atoms with Crippen LogP contribution < -0.4 is 0 Å². The first-order valence-electron chi connectivity index (χ1n) is 8.13. The lowest BCUT2D eigenvalue weighted by molar-refractivity contribution is -0.137. The molecule has 0 saturated heterocycles. The van der Waals surface area contributed by atoms with E-state index >= 15 is 0 Å². The molecule has 0 amide bonds. The van der Waals surface area contributed by atoms with Crippen LogP contribution in [0.25, 0.3) is 22.2 Å². The molecule has 1 N–H and O–H groups in total.